The van der Waals surface area contributed by atoms with Crippen molar-refractivity contribution in [3.63, 3.8) is 0 Å². The van der Waals surface area contributed by atoms with Gasteiger partial charge in [0.05, 0.1) is 18.7 Å². The molecule has 0 saturated heterocycles. The van der Waals surface area contributed by atoms with Crippen molar-refractivity contribution in [2.75, 3.05) is 13.7 Å². The van der Waals surface area contributed by atoms with E-state index < -0.39 is 5.82 Å². The number of ether oxygens (including phenoxy) is 1. The Morgan fingerprint density at radius 1 is 1.54 bits per heavy atom. The zero-order chi connectivity index (χ0) is 17.7. The Hall–Kier alpha value is -1.92. The number of quaternary nitrogens is 1. The van der Waals surface area contributed by atoms with Crippen LogP contribution in [0.15, 0.2) is 23.9 Å². The second kappa shape index (κ2) is 8.26. The first-order chi connectivity index (χ1) is 11.5. The van der Waals surface area contributed by atoms with Crippen molar-refractivity contribution in [3.05, 3.63) is 40.3 Å². The SMILES string of the molecule is CCOc1c(F)cc(CNC(=O)/C(=C/C(=N)C2CC2)[NH2+]C)cc1Cl. The number of carbonyl (C=O) groups excluding carboxylic acids is 1. The molecular weight excluding hydrogens is 333 g/mol. The number of nitrogens with two attached hydrogens (primary N) is 1. The Morgan fingerprint density at radius 2 is 2.25 bits per heavy atom. The van der Waals surface area contributed by atoms with E-state index >= 15 is 0 Å². The summed E-state index contributed by atoms with van der Waals surface area (Å²) >= 11 is 6.01. The number of allylic oxidation sites excluding steroid dienone is 1. The molecule has 1 amide bonds. The van der Waals surface area contributed by atoms with E-state index in [-0.39, 0.29) is 29.1 Å². The van der Waals surface area contributed by atoms with Gasteiger partial charge in [0.2, 0.25) is 0 Å². The first-order valence-electron chi connectivity index (χ1n) is 7.94. The van der Waals surface area contributed by atoms with Crippen LogP contribution in [0.4, 0.5) is 4.39 Å². The van der Waals surface area contributed by atoms with Gasteiger partial charge in [-0.2, -0.15) is 0 Å². The first kappa shape index (κ1) is 18.4. The third-order valence-electron chi connectivity index (χ3n) is 3.70. The van der Waals surface area contributed by atoms with Crippen LogP contribution in [0.1, 0.15) is 25.3 Å². The van der Waals surface area contributed by atoms with Crippen LogP contribution in [0.3, 0.4) is 0 Å². The van der Waals surface area contributed by atoms with Crippen LogP contribution >= 0.6 is 11.6 Å². The summed E-state index contributed by atoms with van der Waals surface area (Å²) in [6.07, 6.45) is 3.62. The molecule has 1 aliphatic carbocycles. The predicted molar refractivity (Wildman–Crippen MR) is 90.8 cm³/mol. The molecule has 4 N–H and O–H groups in total. The highest BCUT2D eigenvalue weighted by molar-refractivity contribution is 6.32. The molecule has 1 aromatic rings. The molecule has 0 bridgehead atoms. The molecule has 1 fully saturated rings. The van der Waals surface area contributed by atoms with Gasteiger partial charge in [-0.15, -0.1) is 0 Å². The summed E-state index contributed by atoms with van der Waals surface area (Å²) in [5, 5.41) is 12.5. The maximum atomic E-state index is 13.9. The number of halogens is 2. The van der Waals surface area contributed by atoms with Gasteiger partial charge in [-0.1, -0.05) is 11.6 Å². The standard InChI is InChI=1S/C17H21ClFN3O2/c1-3-24-16-12(18)6-10(7-13(16)19)9-22-17(23)15(21-2)8-14(20)11-4-5-11/h6-8,11,20-21H,3-5,9H2,1-2H3,(H,22,23)/p+1/b15-8-,20-14?. The second-order valence-corrected chi connectivity index (χ2v) is 6.03. The maximum absolute atomic E-state index is 13.9. The van der Waals surface area contributed by atoms with E-state index in [1.807, 2.05) is 0 Å². The molecule has 0 spiro atoms. The third-order valence-corrected chi connectivity index (χ3v) is 3.98. The normalized spacial score (nSPS) is 14.4. The number of carbonyl (C=O) groups is 1. The number of rotatable bonds is 8. The maximum Gasteiger partial charge on any atom is 0.305 e. The summed E-state index contributed by atoms with van der Waals surface area (Å²) < 4.78 is 19.1. The Labute approximate surface area is 145 Å². The molecule has 1 aliphatic rings. The van der Waals surface area contributed by atoms with E-state index in [1.54, 1.807) is 31.4 Å². The molecule has 1 saturated carbocycles. The number of likely N-dealkylation sites (N-methyl/N-ethyl adjacent to an activating group) is 1. The summed E-state index contributed by atoms with van der Waals surface area (Å²) in [6.45, 7) is 2.21. The van der Waals surface area contributed by atoms with Crippen molar-refractivity contribution in [3.8, 4) is 5.75 Å². The van der Waals surface area contributed by atoms with Crippen molar-refractivity contribution < 1.29 is 19.2 Å². The molecule has 130 valence electrons. The number of amides is 1. The fourth-order valence-corrected chi connectivity index (χ4v) is 2.53. The van der Waals surface area contributed by atoms with Gasteiger partial charge < -0.3 is 20.8 Å². The van der Waals surface area contributed by atoms with Crippen molar-refractivity contribution >= 4 is 23.2 Å². The van der Waals surface area contributed by atoms with E-state index in [2.05, 4.69) is 5.32 Å². The molecule has 1 aromatic carbocycles. The monoisotopic (exact) mass is 354 g/mol. The number of nitrogens with one attached hydrogen (secondary N) is 2. The smallest absolute Gasteiger partial charge is 0.305 e. The highest BCUT2D eigenvalue weighted by Gasteiger charge is 2.26. The second-order valence-electron chi connectivity index (χ2n) is 5.62. The fraction of sp³-hybridized carbons (Fsp3) is 0.412. The van der Waals surface area contributed by atoms with Gasteiger partial charge in [0.15, 0.2) is 17.3 Å². The zero-order valence-corrected chi connectivity index (χ0v) is 14.5. The first-order valence-corrected chi connectivity index (χ1v) is 8.32. The molecule has 24 heavy (non-hydrogen) atoms. The molecule has 7 heteroatoms. The Kier molecular flexibility index (Phi) is 6.34. The Morgan fingerprint density at radius 3 is 2.79 bits per heavy atom. The summed E-state index contributed by atoms with van der Waals surface area (Å²) in [5.41, 5.74) is 1.46. The summed E-state index contributed by atoms with van der Waals surface area (Å²) in [5.74, 6) is -0.545. The van der Waals surface area contributed by atoms with Crippen LogP contribution in [0.25, 0.3) is 0 Å². The predicted octanol–water partition coefficient (Wildman–Crippen LogP) is 2.00. The van der Waals surface area contributed by atoms with Gasteiger partial charge in [-0.3, -0.25) is 4.79 Å². The van der Waals surface area contributed by atoms with Crippen LogP contribution < -0.4 is 15.4 Å². The molecule has 0 unspecified atom stereocenters. The lowest BCUT2D eigenvalue weighted by Crippen LogP contribution is -2.80. The molecule has 0 heterocycles. The van der Waals surface area contributed by atoms with Gasteiger partial charge in [-0.05, 0) is 37.5 Å². The van der Waals surface area contributed by atoms with Crippen molar-refractivity contribution in [2.24, 2.45) is 5.92 Å². The van der Waals surface area contributed by atoms with Crippen molar-refractivity contribution in [1.82, 2.24) is 5.32 Å². The van der Waals surface area contributed by atoms with E-state index in [1.165, 1.54) is 6.07 Å². The highest BCUT2D eigenvalue weighted by atomic mass is 35.5. The lowest BCUT2D eigenvalue weighted by Gasteiger charge is -2.10. The molecule has 0 radical (unpaired) electrons. The van der Waals surface area contributed by atoms with Crippen molar-refractivity contribution in [2.45, 2.75) is 26.3 Å². The average Bonchev–Trinajstić information content (AvgIpc) is 3.38. The molecule has 0 aromatic heterocycles. The van der Waals surface area contributed by atoms with Crippen molar-refractivity contribution in [1.29, 1.82) is 5.41 Å². The van der Waals surface area contributed by atoms with E-state index in [0.29, 0.717) is 23.6 Å². The minimum Gasteiger partial charge on any atom is -0.489 e. The topological polar surface area (TPSA) is 78.8 Å². The van der Waals surface area contributed by atoms with Gasteiger partial charge in [0, 0.05) is 24.3 Å². The van der Waals surface area contributed by atoms with Crippen LogP contribution in [0, 0.1) is 17.1 Å². The lowest BCUT2D eigenvalue weighted by atomic mass is 10.2. The van der Waals surface area contributed by atoms with Crippen LogP contribution in [-0.2, 0) is 11.3 Å². The fourth-order valence-electron chi connectivity index (χ4n) is 2.24. The van der Waals surface area contributed by atoms with E-state index in [9.17, 15) is 9.18 Å². The number of hydrogen-bond donors (Lipinski definition) is 3. The Balaban J connectivity index is 2.01. The molecule has 5 nitrogen and oxygen atoms in total. The van der Waals surface area contributed by atoms with E-state index in [4.69, 9.17) is 21.7 Å². The van der Waals surface area contributed by atoms with Crippen LogP contribution in [0.5, 0.6) is 5.75 Å². The summed E-state index contributed by atoms with van der Waals surface area (Å²) in [6, 6.07) is 2.86. The van der Waals surface area contributed by atoms with Gasteiger partial charge in [0.25, 0.3) is 0 Å². The molecule has 0 atom stereocenters. The Bertz CT molecular complexity index is 649. The number of benzene rings is 1. The minimum absolute atomic E-state index is 0.0228. The van der Waals surface area contributed by atoms with Crippen LogP contribution in [-0.4, -0.2) is 25.3 Å². The highest BCUT2D eigenvalue weighted by Crippen LogP contribution is 2.30. The largest absolute Gasteiger partial charge is 0.489 e. The third kappa shape index (κ3) is 4.79. The lowest BCUT2D eigenvalue weighted by molar-refractivity contribution is -0.570. The number of hydrogen-bond acceptors (Lipinski definition) is 3. The molecule has 2 rings (SSSR count). The van der Waals surface area contributed by atoms with Gasteiger partial charge >= 0.3 is 5.91 Å². The quantitative estimate of drug-likeness (QED) is 0.493. The van der Waals surface area contributed by atoms with Crippen LogP contribution in [0.2, 0.25) is 5.02 Å². The minimum atomic E-state index is -0.554. The molecule has 0 aliphatic heterocycles. The van der Waals surface area contributed by atoms with Gasteiger partial charge in [-0.25, -0.2) is 4.39 Å². The zero-order valence-electron chi connectivity index (χ0n) is 13.8. The average molecular weight is 355 g/mol. The summed E-state index contributed by atoms with van der Waals surface area (Å²) in [4.78, 5) is 12.2. The summed E-state index contributed by atoms with van der Waals surface area (Å²) in [7, 11) is 1.75. The van der Waals surface area contributed by atoms with Gasteiger partial charge in [0.1, 0.15) is 0 Å². The van der Waals surface area contributed by atoms with E-state index in [0.717, 1.165) is 12.8 Å². The molecular formula is C17H22ClFN3O2+.